The van der Waals surface area contributed by atoms with Crippen LogP contribution in [0.25, 0.3) is 11.1 Å². The van der Waals surface area contributed by atoms with E-state index in [0.717, 1.165) is 18.7 Å². The molecule has 25 heavy (non-hydrogen) atoms. The Morgan fingerprint density at radius 2 is 1.64 bits per heavy atom. The number of carbonyl (C=O) groups excluding carboxylic acids is 1. The van der Waals surface area contributed by atoms with Crippen LogP contribution in [0.15, 0.2) is 54.6 Å². The van der Waals surface area contributed by atoms with Gasteiger partial charge in [0.15, 0.2) is 0 Å². The van der Waals surface area contributed by atoms with Gasteiger partial charge in [-0.3, -0.25) is 4.79 Å². The molecule has 1 aliphatic carbocycles. The van der Waals surface area contributed by atoms with Gasteiger partial charge in [-0.05, 0) is 36.6 Å². The van der Waals surface area contributed by atoms with Crippen LogP contribution in [0.2, 0.25) is 0 Å². The van der Waals surface area contributed by atoms with Gasteiger partial charge in [-0.2, -0.15) is 0 Å². The molecule has 2 aromatic carbocycles. The third-order valence-electron chi connectivity index (χ3n) is 5.16. The van der Waals surface area contributed by atoms with Gasteiger partial charge in [0.2, 0.25) is 5.91 Å². The first kappa shape index (κ1) is 17.7. The van der Waals surface area contributed by atoms with E-state index in [-0.39, 0.29) is 5.91 Å². The lowest BCUT2D eigenvalue weighted by Gasteiger charge is -2.23. The summed E-state index contributed by atoms with van der Waals surface area (Å²) < 4.78 is 0. The lowest BCUT2D eigenvalue weighted by Crippen LogP contribution is -2.37. The van der Waals surface area contributed by atoms with Gasteiger partial charge in [0.05, 0.1) is 6.42 Å². The van der Waals surface area contributed by atoms with Crippen LogP contribution in [0.3, 0.4) is 0 Å². The van der Waals surface area contributed by atoms with Crippen molar-refractivity contribution in [3.63, 3.8) is 0 Å². The molecule has 1 N–H and O–H groups in total. The van der Waals surface area contributed by atoms with Gasteiger partial charge in [-0.25, -0.2) is 0 Å². The number of carbonyl (C=O) groups is 1. The zero-order valence-corrected chi connectivity index (χ0v) is 15.1. The van der Waals surface area contributed by atoms with E-state index in [1.54, 1.807) is 0 Å². The Morgan fingerprint density at radius 1 is 1.00 bits per heavy atom. The second-order valence-corrected chi connectivity index (χ2v) is 7.01. The molecule has 3 nitrogen and oxygen atoms in total. The van der Waals surface area contributed by atoms with Crippen LogP contribution in [0.5, 0.6) is 0 Å². The molecular formula is C22H28N2O. The summed E-state index contributed by atoms with van der Waals surface area (Å²) in [7, 11) is 2.17. The molecule has 0 saturated heterocycles. The molecule has 1 amide bonds. The Balaban J connectivity index is 1.43. The summed E-state index contributed by atoms with van der Waals surface area (Å²) in [4.78, 5) is 14.5. The Hall–Kier alpha value is -2.13. The smallest absolute Gasteiger partial charge is 0.224 e. The number of amides is 1. The molecule has 0 unspecified atom stereocenters. The topological polar surface area (TPSA) is 32.3 Å². The number of rotatable bonds is 7. The summed E-state index contributed by atoms with van der Waals surface area (Å²) >= 11 is 0. The van der Waals surface area contributed by atoms with Crippen LogP contribution in [0, 0.1) is 0 Å². The minimum atomic E-state index is 0.104. The lowest BCUT2D eigenvalue weighted by atomic mass is 10.0. The number of hydrogen-bond donors (Lipinski definition) is 1. The highest BCUT2D eigenvalue weighted by atomic mass is 16.1. The van der Waals surface area contributed by atoms with E-state index in [1.165, 1.54) is 36.8 Å². The van der Waals surface area contributed by atoms with Crippen molar-refractivity contribution < 1.29 is 4.79 Å². The largest absolute Gasteiger partial charge is 0.355 e. The second-order valence-electron chi connectivity index (χ2n) is 7.01. The van der Waals surface area contributed by atoms with Gasteiger partial charge in [-0.1, -0.05) is 67.4 Å². The third kappa shape index (κ3) is 5.17. The van der Waals surface area contributed by atoms with E-state index in [1.807, 2.05) is 30.3 Å². The average molecular weight is 336 g/mol. The van der Waals surface area contributed by atoms with E-state index < -0.39 is 0 Å². The minimum absolute atomic E-state index is 0.104. The summed E-state index contributed by atoms with van der Waals surface area (Å²) in [6.07, 6.45) is 5.75. The van der Waals surface area contributed by atoms with Crippen LogP contribution in [-0.2, 0) is 11.2 Å². The fraction of sp³-hybridized carbons (Fsp3) is 0.409. The molecule has 2 aromatic rings. The minimum Gasteiger partial charge on any atom is -0.355 e. The molecule has 1 aliphatic rings. The first-order valence-corrected chi connectivity index (χ1v) is 9.33. The highest BCUT2D eigenvalue weighted by molar-refractivity contribution is 5.78. The van der Waals surface area contributed by atoms with Crippen molar-refractivity contribution in [3.05, 3.63) is 60.2 Å². The zero-order chi connectivity index (χ0) is 17.5. The Labute approximate surface area is 151 Å². The Morgan fingerprint density at radius 3 is 2.32 bits per heavy atom. The number of hydrogen-bond acceptors (Lipinski definition) is 2. The Kier molecular flexibility index (Phi) is 6.24. The van der Waals surface area contributed by atoms with Gasteiger partial charge < -0.3 is 10.2 Å². The highest BCUT2D eigenvalue weighted by Crippen LogP contribution is 2.22. The maximum absolute atomic E-state index is 12.1. The molecule has 0 aliphatic heterocycles. The summed E-state index contributed by atoms with van der Waals surface area (Å²) in [5.41, 5.74) is 3.44. The molecule has 0 heterocycles. The molecule has 0 radical (unpaired) electrons. The van der Waals surface area contributed by atoms with Crippen LogP contribution in [-0.4, -0.2) is 37.0 Å². The summed E-state index contributed by atoms with van der Waals surface area (Å²) in [5.74, 6) is 0.104. The summed E-state index contributed by atoms with van der Waals surface area (Å²) in [5, 5.41) is 3.05. The SMILES string of the molecule is CN(CCNC(=O)Cc1ccc(-c2ccccc2)cc1)C1CCCC1. The maximum atomic E-state index is 12.1. The predicted octanol–water partition coefficient (Wildman–Crippen LogP) is 3.89. The van der Waals surface area contributed by atoms with Gasteiger partial charge >= 0.3 is 0 Å². The highest BCUT2D eigenvalue weighted by Gasteiger charge is 2.18. The maximum Gasteiger partial charge on any atom is 0.224 e. The molecule has 1 fully saturated rings. The van der Waals surface area contributed by atoms with Crippen molar-refractivity contribution >= 4 is 5.91 Å². The molecule has 132 valence electrons. The second kappa shape index (κ2) is 8.82. The van der Waals surface area contributed by atoms with E-state index in [2.05, 4.69) is 41.5 Å². The van der Waals surface area contributed by atoms with Gasteiger partial charge in [0.25, 0.3) is 0 Å². The normalized spacial score (nSPS) is 14.8. The fourth-order valence-corrected chi connectivity index (χ4v) is 3.59. The number of nitrogens with one attached hydrogen (secondary N) is 1. The summed E-state index contributed by atoms with van der Waals surface area (Å²) in [6.45, 7) is 1.66. The van der Waals surface area contributed by atoms with Crippen LogP contribution in [0.4, 0.5) is 0 Å². The number of likely N-dealkylation sites (N-methyl/N-ethyl adjacent to an activating group) is 1. The number of nitrogens with zero attached hydrogens (tertiary/aromatic N) is 1. The quantitative estimate of drug-likeness (QED) is 0.832. The van der Waals surface area contributed by atoms with Crippen LogP contribution >= 0.6 is 0 Å². The first-order chi connectivity index (χ1) is 12.2. The standard InChI is InChI=1S/C22H28N2O/c1-24(21-9-5-6-10-21)16-15-23-22(25)17-18-11-13-20(14-12-18)19-7-3-2-4-8-19/h2-4,7-8,11-14,21H,5-6,9-10,15-17H2,1H3,(H,23,25). The van der Waals surface area contributed by atoms with Gasteiger partial charge in [0.1, 0.15) is 0 Å². The average Bonchev–Trinajstić information content (AvgIpc) is 3.18. The van der Waals surface area contributed by atoms with Crippen molar-refractivity contribution in [2.24, 2.45) is 0 Å². The predicted molar refractivity (Wildman–Crippen MR) is 103 cm³/mol. The van der Waals surface area contributed by atoms with Crippen molar-refractivity contribution in [2.45, 2.75) is 38.1 Å². The summed E-state index contributed by atoms with van der Waals surface area (Å²) in [6, 6.07) is 19.3. The molecule has 0 spiro atoms. The molecule has 0 bridgehead atoms. The van der Waals surface area contributed by atoms with Gasteiger partial charge in [-0.15, -0.1) is 0 Å². The van der Waals surface area contributed by atoms with Gasteiger partial charge in [0, 0.05) is 19.1 Å². The molecule has 3 rings (SSSR count). The van der Waals surface area contributed by atoms with Crippen LogP contribution in [0.1, 0.15) is 31.2 Å². The fourth-order valence-electron chi connectivity index (χ4n) is 3.59. The van der Waals surface area contributed by atoms with E-state index in [4.69, 9.17) is 0 Å². The van der Waals surface area contributed by atoms with Crippen molar-refractivity contribution in [1.82, 2.24) is 10.2 Å². The van der Waals surface area contributed by atoms with E-state index >= 15 is 0 Å². The Bertz CT molecular complexity index is 660. The molecule has 0 atom stereocenters. The van der Waals surface area contributed by atoms with E-state index in [0.29, 0.717) is 12.5 Å². The number of benzene rings is 2. The molecule has 1 saturated carbocycles. The van der Waals surface area contributed by atoms with Crippen LogP contribution < -0.4 is 5.32 Å². The molecule has 0 aromatic heterocycles. The van der Waals surface area contributed by atoms with E-state index in [9.17, 15) is 4.79 Å². The van der Waals surface area contributed by atoms with Crippen molar-refractivity contribution in [3.8, 4) is 11.1 Å². The molecular weight excluding hydrogens is 308 g/mol. The zero-order valence-electron chi connectivity index (χ0n) is 15.1. The lowest BCUT2D eigenvalue weighted by molar-refractivity contribution is -0.120. The third-order valence-corrected chi connectivity index (χ3v) is 5.16. The molecule has 3 heteroatoms. The first-order valence-electron chi connectivity index (χ1n) is 9.33. The van der Waals surface area contributed by atoms with Crippen molar-refractivity contribution in [2.75, 3.05) is 20.1 Å². The van der Waals surface area contributed by atoms with Crippen molar-refractivity contribution in [1.29, 1.82) is 0 Å². The monoisotopic (exact) mass is 336 g/mol.